The second-order valence-corrected chi connectivity index (χ2v) is 15.5. The molecule has 0 bridgehead atoms. The minimum atomic E-state index is -0.656. The number of rotatable bonds is 8. The molecule has 0 nitrogen and oxygen atoms in total. The number of benzene rings is 8. The van der Waals surface area contributed by atoms with E-state index in [0.29, 0.717) is 0 Å². The van der Waals surface area contributed by atoms with E-state index >= 15 is 0 Å². The highest BCUT2D eigenvalue weighted by atomic mass is 14.5. The van der Waals surface area contributed by atoms with Gasteiger partial charge in [0, 0.05) is 0 Å². The van der Waals surface area contributed by atoms with Crippen LogP contribution in [0.3, 0.4) is 0 Å². The second kappa shape index (κ2) is 16.0. The Morgan fingerprint density at radius 3 is 1.90 bits per heavy atom. The second-order valence-electron chi connectivity index (χ2n) is 15.5. The van der Waals surface area contributed by atoms with Crippen molar-refractivity contribution in [3.8, 4) is 22.3 Å². The van der Waals surface area contributed by atoms with Gasteiger partial charge >= 0.3 is 0 Å². The Balaban J connectivity index is 1.30. The SMILES string of the molecule is C=C\C=C/C=C\C=C1\C=C/C=C\c2ccccc2C12c1cc(/C(=C/Cc3ccccc3)c3ccc(-c4ccccc4)cc3)ccc1-c1c2c2ccccc2c2ccccc12. The first kappa shape index (κ1) is 36.8. The molecule has 1 spiro atoms. The molecule has 2 aliphatic rings. The van der Waals surface area contributed by atoms with Gasteiger partial charge in [0.2, 0.25) is 0 Å². The van der Waals surface area contributed by atoms with Crippen LogP contribution in [-0.4, -0.2) is 0 Å². The third-order valence-electron chi connectivity index (χ3n) is 12.2. The third kappa shape index (κ3) is 6.35. The van der Waals surface area contributed by atoms with Crippen molar-refractivity contribution >= 4 is 33.2 Å². The molecule has 0 saturated heterocycles. The Kier molecular flexibility index (Phi) is 9.81. The molecule has 8 aromatic rings. The standard InChI is InChI=1S/C60H44/c1-2-3-4-5-12-27-49-28-15-13-25-47-26-14-20-33-56(47)60(49)57-42-48(39-41-55(57)58-53-31-18-16-29-51(53)52-30-17-19-32-54(52)59(58)60)50(40-34-43-21-8-6-9-22-43)46-37-35-45(36-38-46)44-23-10-7-11-24-44/h2-33,35-42H,1,34H2/b4-3-,12-5-,25-13-,28-15-,49-27-,50-40+. The van der Waals surface area contributed by atoms with Gasteiger partial charge < -0.3 is 0 Å². The quantitative estimate of drug-likeness (QED) is 0.107. The van der Waals surface area contributed by atoms with Gasteiger partial charge in [-0.05, 0) is 106 Å². The van der Waals surface area contributed by atoms with Crippen LogP contribution in [-0.2, 0) is 11.8 Å². The highest BCUT2D eigenvalue weighted by molar-refractivity contribution is 6.19. The zero-order valence-electron chi connectivity index (χ0n) is 33.5. The fourth-order valence-corrected chi connectivity index (χ4v) is 9.60. The lowest BCUT2D eigenvalue weighted by molar-refractivity contribution is 0.771. The zero-order chi connectivity index (χ0) is 40.3. The molecule has 0 heterocycles. The molecule has 0 radical (unpaired) electrons. The van der Waals surface area contributed by atoms with Crippen LogP contribution in [0.4, 0.5) is 0 Å². The van der Waals surface area contributed by atoms with Crippen molar-refractivity contribution in [2.75, 3.05) is 0 Å². The van der Waals surface area contributed by atoms with Crippen molar-refractivity contribution in [1.82, 2.24) is 0 Å². The van der Waals surface area contributed by atoms with Crippen LogP contribution in [0, 0.1) is 0 Å². The first-order chi connectivity index (χ1) is 29.8. The summed E-state index contributed by atoms with van der Waals surface area (Å²) in [4.78, 5) is 0. The molecule has 284 valence electrons. The minimum Gasteiger partial charge on any atom is -0.0991 e. The molecule has 0 aliphatic heterocycles. The lowest BCUT2D eigenvalue weighted by Crippen LogP contribution is -2.31. The molecule has 1 unspecified atom stereocenters. The molecular formula is C60H44. The minimum absolute atomic E-state index is 0.656. The fraction of sp³-hybridized carbons (Fsp3) is 0.0333. The van der Waals surface area contributed by atoms with Crippen molar-refractivity contribution < 1.29 is 0 Å². The molecule has 0 amide bonds. The molecule has 10 rings (SSSR count). The normalized spacial score (nSPS) is 17.5. The van der Waals surface area contributed by atoms with E-state index in [1.165, 1.54) is 93.9 Å². The number of fused-ring (bicyclic) bond motifs is 12. The topological polar surface area (TPSA) is 0 Å². The Bertz CT molecular complexity index is 3090. The molecule has 1 atom stereocenters. The Morgan fingerprint density at radius 1 is 0.500 bits per heavy atom. The van der Waals surface area contributed by atoms with Crippen LogP contribution < -0.4 is 0 Å². The Morgan fingerprint density at radius 2 is 1.12 bits per heavy atom. The van der Waals surface area contributed by atoms with Crippen LogP contribution in [0.15, 0.2) is 249 Å². The van der Waals surface area contributed by atoms with Crippen LogP contribution in [0.2, 0.25) is 0 Å². The van der Waals surface area contributed by atoms with E-state index in [2.05, 4.69) is 231 Å². The summed E-state index contributed by atoms with van der Waals surface area (Å²) in [6, 6.07) is 64.9. The van der Waals surface area contributed by atoms with Gasteiger partial charge in [-0.25, -0.2) is 0 Å². The predicted molar refractivity (Wildman–Crippen MR) is 257 cm³/mol. The van der Waals surface area contributed by atoms with Gasteiger partial charge in [0.15, 0.2) is 0 Å². The highest BCUT2D eigenvalue weighted by Gasteiger charge is 2.49. The van der Waals surface area contributed by atoms with Crippen LogP contribution in [0.25, 0.3) is 55.4 Å². The van der Waals surface area contributed by atoms with Gasteiger partial charge in [-0.1, -0.05) is 243 Å². The van der Waals surface area contributed by atoms with Crippen molar-refractivity contribution in [1.29, 1.82) is 0 Å². The van der Waals surface area contributed by atoms with E-state index in [1.807, 2.05) is 18.2 Å². The van der Waals surface area contributed by atoms with Gasteiger partial charge in [-0.2, -0.15) is 0 Å². The molecule has 2 aliphatic carbocycles. The van der Waals surface area contributed by atoms with Crippen molar-refractivity contribution in [2.45, 2.75) is 11.8 Å². The van der Waals surface area contributed by atoms with Gasteiger partial charge in [-0.15, -0.1) is 0 Å². The average Bonchev–Trinajstić information content (AvgIpc) is 3.62. The molecule has 8 aromatic carbocycles. The molecular weight excluding hydrogens is 721 g/mol. The molecule has 0 N–H and O–H groups in total. The summed E-state index contributed by atoms with van der Waals surface area (Å²) >= 11 is 0. The average molecular weight is 765 g/mol. The summed E-state index contributed by atoms with van der Waals surface area (Å²) in [5, 5.41) is 5.09. The van der Waals surface area contributed by atoms with Gasteiger partial charge in [0.25, 0.3) is 0 Å². The molecule has 0 fully saturated rings. The van der Waals surface area contributed by atoms with Gasteiger partial charge in [-0.3, -0.25) is 0 Å². The van der Waals surface area contributed by atoms with Crippen LogP contribution in [0.1, 0.15) is 38.9 Å². The maximum absolute atomic E-state index is 3.89. The van der Waals surface area contributed by atoms with Crippen molar-refractivity contribution in [2.24, 2.45) is 0 Å². The lowest BCUT2D eigenvalue weighted by atomic mass is 9.64. The molecule has 0 heteroatoms. The summed E-state index contributed by atoms with van der Waals surface area (Å²) < 4.78 is 0. The van der Waals surface area contributed by atoms with E-state index in [1.54, 1.807) is 0 Å². The van der Waals surface area contributed by atoms with Gasteiger partial charge in [0.1, 0.15) is 0 Å². The van der Waals surface area contributed by atoms with E-state index in [0.717, 1.165) is 6.42 Å². The first-order valence-electron chi connectivity index (χ1n) is 20.9. The van der Waals surface area contributed by atoms with Crippen LogP contribution in [0.5, 0.6) is 0 Å². The number of allylic oxidation sites excluding steroid dienone is 11. The summed E-state index contributed by atoms with van der Waals surface area (Å²) in [5.74, 6) is 0. The molecule has 0 saturated carbocycles. The van der Waals surface area contributed by atoms with Crippen molar-refractivity contribution in [3.63, 3.8) is 0 Å². The first-order valence-corrected chi connectivity index (χ1v) is 20.9. The molecule has 60 heavy (non-hydrogen) atoms. The summed E-state index contributed by atoms with van der Waals surface area (Å²) in [6.45, 7) is 3.89. The maximum Gasteiger partial charge on any atom is 0.0725 e. The van der Waals surface area contributed by atoms with Gasteiger partial charge in [0.05, 0.1) is 5.41 Å². The maximum atomic E-state index is 3.89. The lowest BCUT2D eigenvalue weighted by Gasteiger charge is -2.37. The summed E-state index contributed by atoms with van der Waals surface area (Å²) in [5.41, 5.74) is 15.6. The summed E-state index contributed by atoms with van der Waals surface area (Å²) in [7, 11) is 0. The van der Waals surface area contributed by atoms with Crippen molar-refractivity contribution in [3.05, 3.63) is 288 Å². The number of hydrogen-bond acceptors (Lipinski definition) is 0. The zero-order valence-corrected chi connectivity index (χ0v) is 33.5. The number of hydrogen-bond donors (Lipinski definition) is 0. The van der Waals surface area contributed by atoms with E-state index in [-0.39, 0.29) is 0 Å². The van der Waals surface area contributed by atoms with E-state index < -0.39 is 5.41 Å². The van der Waals surface area contributed by atoms with E-state index in [4.69, 9.17) is 0 Å². The Labute approximate surface area is 353 Å². The highest BCUT2D eigenvalue weighted by Crippen LogP contribution is 2.62. The Hall–Kier alpha value is -7.54. The third-order valence-corrected chi connectivity index (χ3v) is 12.2. The smallest absolute Gasteiger partial charge is 0.0725 e. The molecule has 0 aromatic heterocycles. The monoisotopic (exact) mass is 764 g/mol. The predicted octanol–water partition coefficient (Wildman–Crippen LogP) is 15.5. The fourth-order valence-electron chi connectivity index (χ4n) is 9.60. The van der Waals surface area contributed by atoms with Crippen LogP contribution >= 0.6 is 0 Å². The van der Waals surface area contributed by atoms with E-state index in [9.17, 15) is 0 Å². The summed E-state index contributed by atoms with van der Waals surface area (Å²) in [6.07, 6.45) is 24.7. The largest absolute Gasteiger partial charge is 0.0991 e.